The first-order valence-corrected chi connectivity index (χ1v) is 13.1. The molecule has 0 atom stereocenters. The van der Waals surface area contributed by atoms with Gasteiger partial charge in [-0.25, -0.2) is 24.1 Å². The van der Waals surface area contributed by atoms with Crippen LogP contribution in [0.1, 0.15) is 12.7 Å². The number of carbonyl (C=O) groups is 1. The Labute approximate surface area is 223 Å². The lowest BCUT2D eigenvalue weighted by molar-refractivity contribution is 0.235. The lowest BCUT2D eigenvalue weighted by atomic mass is 10.2. The fourth-order valence-electron chi connectivity index (χ4n) is 4.02. The maximum absolute atomic E-state index is 12.6. The number of alkyl halides is 1. The zero-order valence-corrected chi connectivity index (χ0v) is 21.7. The van der Waals surface area contributed by atoms with Gasteiger partial charge in [-0.1, -0.05) is 35.5 Å². The van der Waals surface area contributed by atoms with E-state index in [1.54, 1.807) is 12.3 Å². The first-order valence-electron chi connectivity index (χ1n) is 12.3. The Bertz CT molecular complexity index is 1350. The molecule has 13 heteroatoms. The number of urea groups is 1. The summed E-state index contributed by atoms with van der Waals surface area (Å²) >= 11 is 1.50. The monoisotopic (exact) mass is 537 g/mol. The molecule has 3 aromatic heterocycles. The molecule has 0 spiro atoms. The molecule has 5 rings (SSSR count). The van der Waals surface area contributed by atoms with Gasteiger partial charge in [0.15, 0.2) is 10.9 Å². The molecule has 4 aromatic rings. The molecule has 38 heavy (non-hydrogen) atoms. The number of piperazine rings is 1. The Kier molecular flexibility index (Phi) is 8.04. The summed E-state index contributed by atoms with van der Waals surface area (Å²) in [4.78, 5) is 30.7. The van der Waals surface area contributed by atoms with Crippen molar-refractivity contribution in [2.45, 2.75) is 13.3 Å². The van der Waals surface area contributed by atoms with Crippen LogP contribution in [0.25, 0.3) is 10.4 Å². The van der Waals surface area contributed by atoms with Crippen molar-refractivity contribution in [3.8, 4) is 10.4 Å². The number of aryl methyl sites for hydroxylation is 1. The van der Waals surface area contributed by atoms with Crippen LogP contribution >= 0.6 is 11.3 Å². The number of thiazole rings is 1. The summed E-state index contributed by atoms with van der Waals surface area (Å²) in [6, 6.07) is 10.7. The zero-order valence-electron chi connectivity index (χ0n) is 20.9. The molecule has 4 heterocycles. The Morgan fingerprint density at radius 2 is 1.87 bits per heavy atom. The van der Waals surface area contributed by atoms with Gasteiger partial charge in [0.25, 0.3) is 0 Å². The van der Waals surface area contributed by atoms with Crippen molar-refractivity contribution in [1.82, 2.24) is 25.0 Å². The molecule has 1 aliphatic heterocycles. The summed E-state index contributed by atoms with van der Waals surface area (Å²) < 4.78 is 17.7. The molecule has 0 bridgehead atoms. The highest BCUT2D eigenvalue weighted by molar-refractivity contribution is 7.18. The average molecular weight is 538 g/mol. The van der Waals surface area contributed by atoms with Crippen molar-refractivity contribution in [1.29, 1.82) is 0 Å². The van der Waals surface area contributed by atoms with Crippen molar-refractivity contribution >= 4 is 45.6 Å². The molecule has 0 unspecified atom stereocenters. The Morgan fingerprint density at radius 1 is 1.05 bits per heavy atom. The number of halogens is 1. The maximum atomic E-state index is 12.6. The molecule has 0 saturated carbocycles. The molecule has 1 aliphatic rings. The number of benzene rings is 1. The number of nitrogens with zero attached hydrogens (tertiary/aromatic N) is 6. The van der Waals surface area contributed by atoms with E-state index in [1.165, 1.54) is 17.7 Å². The summed E-state index contributed by atoms with van der Waals surface area (Å²) in [5.41, 5.74) is 1.62. The number of hydrogen-bond acceptors (Lipinski definition) is 10. The summed E-state index contributed by atoms with van der Waals surface area (Å²) in [6.07, 6.45) is 4.03. The van der Waals surface area contributed by atoms with Crippen molar-refractivity contribution in [3.05, 3.63) is 54.7 Å². The molecular weight excluding hydrogens is 509 g/mol. The minimum atomic E-state index is -0.399. The highest BCUT2D eigenvalue weighted by Crippen LogP contribution is 2.31. The second-order valence-corrected chi connectivity index (χ2v) is 9.65. The van der Waals surface area contributed by atoms with Gasteiger partial charge >= 0.3 is 6.03 Å². The number of rotatable bonds is 9. The number of carbonyl (C=O) groups excluding carboxylic acids is 1. The average Bonchev–Trinajstić information content (AvgIpc) is 3.59. The molecular formula is C25H28FN9O2S. The molecule has 3 N–H and O–H groups in total. The van der Waals surface area contributed by atoms with Crippen molar-refractivity contribution < 1.29 is 13.7 Å². The van der Waals surface area contributed by atoms with Crippen LogP contribution in [0.2, 0.25) is 0 Å². The minimum Gasteiger partial charge on any atom is -0.359 e. The molecule has 0 radical (unpaired) electrons. The van der Waals surface area contributed by atoms with Gasteiger partial charge in [0, 0.05) is 63.2 Å². The number of nitrogens with one attached hydrogen (secondary N) is 3. The van der Waals surface area contributed by atoms with Gasteiger partial charge < -0.3 is 20.1 Å². The van der Waals surface area contributed by atoms with Crippen molar-refractivity contribution in [3.63, 3.8) is 0 Å². The molecule has 2 amide bonds. The standard InChI is InChI=1S/C25H28FN9O2S/c1-2-19-13-22(33-37-19)31-24(36)30-18-5-3-17(4-6-18)20-15-27-25(38-20)32-21-14-23(29-16-28-21)35-11-9-34(8-7-26)10-12-35/h3-6,13-16H,2,7-12H2,1H3,(H,27,28,29,32)(H2,30,31,33,36). The van der Waals surface area contributed by atoms with E-state index >= 15 is 0 Å². The highest BCUT2D eigenvalue weighted by atomic mass is 32.1. The molecule has 1 fully saturated rings. The molecule has 198 valence electrons. The smallest absolute Gasteiger partial charge is 0.324 e. The number of aromatic nitrogens is 4. The van der Waals surface area contributed by atoms with Crippen molar-refractivity contribution in [2.75, 3.05) is 60.2 Å². The van der Waals surface area contributed by atoms with Gasteiger partial charge in [0.2, 0.25) is 0 Å². The van der Waals surface area contributed by atoms with Gasteiger partial charge in [0.05, 0.1) is 4.88 Å². The number of hydrogen-bond donors (Lipinski definition) is 3. The first kappa shape index (κ1) is 25.5. The third kappa shape index (κ3) is 6.42. The summed E-state index contributed by atoms with van der Waals surface area (Å²) in [5.74, 6) is 2.56. The molecule has 1 saturated heterocycles. The lowest BCUT2D eigenvalue weighted by Crippen LogP contribution is -2.47. The fraction of sp³-hybridized carbons (Fsp3) is 0.320. The highest BCUT2D eigenvalue weighted by Gasteiger charge is 2.18. The summed E-state index contributed by atoms with van der Waals surface area (Å²) in [6.45, 7) is 5.33. The van der Waals surface area contributed by atoms with Crippen LogP contribution in [0.15, 0.2) is 53.4 Å². The van der Waals surface area contributed by atoms with Crippen LogP contribution in [0.4, 0.5) is 37.5 Å². The van der Waals surface area contributed by atoms with Crippen LogP contribution in [-0.2, 0) is 6.42 Å². The molecule has 1 aromatic carbocycles. The third-order valence-electron chi connectivity index (χ3n) is 6.07. The predicted octanol–water partition coefficient (Wildman–Crippen LogP) is 4.63. The second kappa shape index (κ2) is 12.0. The van der Waals surface area contributed by atoms with Gasteiger partial charge in [-0.2, -0.15) is 0 Å². The maximum Gasteiger partial charge on any atom is 0.324 e. The van der Waals surface area contributed by atoms with E-state index in [9.17, 15) is 9.18 Å². The number of amides is 2. The second-order valence-electron chi connectivity index (χ2n) is 8.62. The Morgan fingerprint density at radius 3 is 2.61 bits per heavy atom. The van der Waals surface area contributed by atoms with Crippen LogP contribution < -0.4 is 20.9 Å². The third-order valence-corrected chi connectivity index (χ3v) is 7.03. The SMILES string of the molecule is CCc1cc(NC(=O)Nc2ccc(-c3cnc(Nc4cc(N5CCN(CCF)CC5)ncn4)s3)cc2)no1. The van der Waals surface area contributed by atoms with E-state index in [0.717, 1.165) is 42.4 Å². The lowest BCUT2D eigenvalue weighted by Gasteiger charge is -2.34. The van der Waals surface area contributed by atoms with E-state index in [-0.39, 0.29) is 6.67 Å². The van der Waals surface area contributed by atoms with E-state index in [4.69, 9.17) is 4.52 Å². The quantitative estimate of drug-likeness (QED) is 0.280. The zero-order chi connectivity index (χ0) is 26.3. The van der Waals surface area contributed by atoms with Gasteiger partial charge in [-0.3, -0.25) is 10.2 Å². The fourth-order valence-corrected chi connectivity index (χ4v) is 4.85. The van der Waals surface area contributed by atoms with E-state index in [2.05, 4.69) is 45.9 Å². The van der Waals surface area contributed by atoms with Gasteiger partial charge in [-0.05, 0) is 17.7 Å². The Balaban J connectivity index is 1.16. The van der Waals surface area contributed by atoms with Crippen LogP contribution in [-0.4, -0.2) is 70.4 Å². The normalized spacial score (nSPS) is 13.9. The Hall–Kier alpha value is -4.10. The van der Waals surface area contributed by atoms with Gasteiger partial charge in [-0.15, -0.1) is 0 Å². The predicted molar refractivity (Wildman–Crippen MR) is 146 cm³/mol. The van der Waals surface area contributed by atoms with Crippen LogP contribution in [0.3, 0.4) is 0 Å². The summed E-state index contributed by atoms with van der Waals surface area (Å²) in [7, 11) is 0. The van der Waals surface area contributed by atoms with Gasteiger partial charge in [0.1, 0.15) is 30.4 Å². The minimum absolute atomic E-state index is 0.319. The largest absolute Gasteiger partial charge is 0.359 e. The van der Waals surface area contributed by atoms with Crippen LogP contribution in [0, 0.1) is 0 Å². The molecule has 11 nitrogen and oxygen atoms in total. The van der Waals surface area contributed by atoms with E-state index in [0.29, 0.717) is 41.2 Å². The number of anilines is 5. The van der Waals surface area contributed by atoms with Crippen molar-refractivity contribution in [2.24, 2.45) is 0 Å². The molecule has 0 aliphatic carbocycles. The van der Waals surface area contributed by atoms with E-state index < -0.39 is 6.03 Å². The summed E-state index contributed by atoms with van der Waals surface area (Å²) in [5, 5.41) is 13.2. The van der Waals surface area contributed by atoms with Crippen LogP contribution in [0.5, 0.6) is 0 Å². The van der Waals surface area contributed by atoms with E-state index in [1.807, 2.05) is 37.3 Å². The first-order chi connectivity index (χ1) is 18.6. The topological polar surface area (TPSA) is 124 Å².